The highest BCUT2D eigenvalue weighted by Gasteiger charge is 2.34. The summed E-state index contributed by atoms with van der Waals surface area (Å²) in [5.74, 6) is 0.513. The average Bonchev–Trinajstić information content (AvgIpc) is 3.04. The predicted octanol–water partition coefficient (Wildman–Crippen LogP) is 5.46. The van der Waals surface area contributed by atoms with Gasteiger partial charge in [-0.1, -0.05) is 56.0 Å². The molecule has 1 saturated carbocycles. The number of methoxy groups -OCH3 is 2. The number of carbonyl (C=O) groups is 2. The number of ether oxygens (including phenoxy) is 2. The number of nitrogens with zero attached hydrogens (tertiary/aromatic N) is 2. The summed E-state index contributed by atoms with van der Waals surface area (Å²) < 4.78 is 39.8. The molecule has 1 fully saturated rings. The van der Waals surface area contributed by atoms with Crippen LogP contribution in [0.15, 0.2) is 77.7 Å². The van der Waals surface area contributed by atoms with Crippen LogP contribution in [0.1, 0.15) is 56.6 Å². The van der Waals surface area contributed by atoms with E-state index in [-0.39, 0.29) is 23.4 Å². The van der Waals surface area contributed by atoms with Gasteiger partial charge in [0.2, 0.25) is 11.8 Å². The van der Waals surface area contributed by atoms with Gasteiger partial charge in [0, 0.05) is 12.6 Å². The molecular weight excluding hydrogens is 578 g/mol. The normalized spacial score (nSPS) is 14.4. The number of sulfonamides is 1. The summed E-state index contributed by atoms with van der Waals surface area (Å²) in [7, 11) is -1.04. The van der Waals surface area contributed by atoms with E-state index in [9.17, 15) is 18.0 Å². The molecule has 236 valence electrons. The van der Waals surface area contributed by atoms with Crippen molar-refractivity contribution in [2.24, 2.45) is 0 Å². The largest absolute Gasteiger partial charge is 0.497 e. The number of carbonyl (C=O) groups excluding carboxylic acids is 2. The Kier molecular flexibility index (Phi) is 11.3. The van der Waals surface area contributed by atoms with Gasteiger partial charge in [-0.3, -0.25) is 13.9 Å². The number of hydrogen-bond acceptors (Lipinski definition) is 6. The van der Waals surface area contributed by atoms with Crippen LogP contribution in [0.2, 0.25) is 0 Å². The smallest absolute Gasteiger partial charge is 0.264 e. The number of anilines is 1. The van der Waals surface area contributed by atoms with Crippen LogP contribution in [0, 0.1) is 6.92 Å². The number of aryl methyl sites for hydroxylation is 1. The highest BCUT2D eigenvalue weighted by Crippen LogP contribution is 2.27. The van der Waals surface area contributed by atoms with Crippen LogP contribution in [0.25, 0.3) is 0 Å². The van der Waals surface area contributed by atoms with E-state index in [2.05, 4.69) is 5.32 Å². The van der Waals surface area contributed by atoms with Crippen molar-refractivity contribution in [1.82, 2.24) is 10.2 Å². The molecule has 1 aliphatic rings. The maximum Gasteiger partial charge on any atom is 0.264 e. The zero-order valence-corrected chi connectivity index (χ0v) is 26.8. The average molecular weight is 622 g/mol. The van der Waals surface area contributed by atoms with Crippen LogP contribution in [0.4, 0.5) is 5.69 Å². The van der Waals surface area contributed by atoms with Gasteiger partial charge in [-0.15, -0.1) is 0 Å². The number of rotatable bonds is 13. The van der Waals surface area contributed by atoms with E-state index in [0.29, 0.717) is 23.6 Å². The maximum atomic E-state index is 14.3. The van der Waals surface area contributed by atoms with Gasteiger partial charge < -0.3 is 19.7 Å². The zero-order valence-electron chi connectivity index (χ0n) is 26.0. The van der Waals surface area contributed by atoms with Crippen molar-refractivity contribution in [3.8, 4) is 11.5 Å². The molecule has 44 heavy (non-hydrogen) atoms. The number of amides is 2. The molecule has 4 rings (SSSR count). The molecule has 2 amide bonds. The van der Waals surface area contributed by atoms with Crippen molar-refractivity contribution in [3.05, 3.63) is 83.9 Å². The first kappa shape index (κ1) is 32.9. The highest BCUT2D eigenvalue weighted by molar-refractivity contribution is 7.92. The second-order valence-corrected chi connectivity index (χ2v) is 13.0. The quantitative estimate of drug-likeness (QED) is 0.272. The van der Waals surface area contributed by atoms with Crippen molar-refractivity contribution >= 4 is 27.5 Å². The Morgan fingerprint density at radius 2 is 1.43 bits per heavy atom. The van der Waals surface area contributed by atoms with Gasteiger partial charge in [0.05, 0.1) is 24.8 Å². The Morgan fingerprint density at radius 1 is 0.864 bits per heavy atom. The van der Waals surface area contributed by atoms with E-state index in [1.165, 1.54) is 24.1 Å². The molecule has 10 heteroatoms. The van der Waals surface area contributed by atoms with Crippen LogP contribution in [0.3, 0.4) is 0 Å². The molecule has 9 nitrogen and oxygen atoms in total. The van der Waals surface area contributed by atoms with Crippen molar-refractivity contribution < 1.29 is 27.5 Å². The standard InChI is InChI=1S/C34H43N3O6S/c1-5-32(34(39)35-27-9-7-6-8-10-27)36(23-26-13-17-29(42-3)18-14-26)33(38)24-37(28-15-19-30(43-4)20-16-28)44(40,41)31-21-11-25(2)12-22-31/h11-22,27,32H,5-10,23-24H2,1-4H3,(H,35,39). The van der Waals surface area contributed by atoms with E-state index >= 15 is 0 Å². The Hall–Kier alpha value is -4.05. The molecule has 0 spiro atoms. The third-order valence-electron chi connectivity index (χ3n) is 8.10. The zero-order chi connectivity index (χ0) is 31.7. The molecule has 1 N–H and O–H groups in total. The summed E-state index contributed by atoms with van der Waals surface area (Å²) in [5, 5.41) is 3.17. The van der Waals surface area contributed by atoms with Gasteiger partial charge in [0.15, 0.2) is 0 Å². The molecule has 0 aliphatic heterocycles. The fourth-order valence-electron chi connectivity index (χ4n) is 5.51. The van der Waals surface area contributed by atoms with E-state index in [0.717, 1.165) is 47.5 Å². The maximum absolute atomic E-state index is 14.3. The topological polar surface area (TPSA) is 105 Å². The fraction of sp³-hybridized carbons (Fsp3) is 0.412. The lowest BCUT2D eigenvalue weighted by Gasteiger charge is -2.34. The first-order valence-electron chi connectivity index (χ1n) is 15.1. The van der Waals surface area contributed by atoms with Crippen molar-refractivity contribution in [1.29, 1.82) is 0 Å². The van der Waals surface area contributed by atoms with Gasteiger partial charge in [-0.2, -0.15) is 0 Å². The minimum atomic E-state index is -4.15. The number of benzene rings is 3. The Balaban J connectivity index is 1.70. The van der Waals surface area contributed by atoms with Gasteiger partial charge in [0.1, 0.15) is 24.1 Å². The molecule has 3 aromatic rings. The summed E-state index contributed by atoms with van der Waals surface area (Å²) in [4.78, 5) is 29.5. The molecule has 1 atom stereocenters. The lowest BCUT2D eigenvalue weighted by Crippen LogP contribution is -2.54. The monoisotopic (exact) mass is 621 g/mol. The second kappa shape index (κ2) is 15.1. The van der Waals surface area contributed by atoms with Crippen molar-refractivity contribution in [2.75, 3.05) is 25.1 Å². The molecule has 0 bridgehead atoms. The third kappa shape index (κ3) is 8.11. The highest BCUT2D eigenvalue weighted by atomic mass is 32.2. The van der Waals surface area contributed by atoms with Crippen LogP contribution in [-0.2, 0) is 26.2 Å². The van der Waals surface area contributed by atoms with E-state index in [4.69, 9.17) is 9.47 Å². The van der Waals surface area contributed by atoms with Gasteiger partial charge in [-0.25, -0.2) is 8.42 Å². The summed E-state index contributed by atoms with van der Waals surface area (Å²) in [6.07, 6.45) is 5.47. The van der Waals surface area contributed by atoms with Gasteiger partial charge in [-0.05, 0) is 80.3 Å². The first-order valence-corrected chi connectivity index (χ1v) is 16.6. The SMILES string of the molecule is CCC(C(=O)NC1CCCCC1)N(Cc1ccc(OC)cc1)C(=O)CN(c1ccc(OC)cc1)S(=O)(=O)c1ccc(C)cc1. The summed E-state index contributed by atoms with van der Waals surface area (Å²) in [5.41, 5.74) is 2.01. The summed E-state index contributed by atoms with van der Waals surface area (Å²) in [6.45, 7) is 3.37. The number of nitrogens with one attached hydrogen (secondary N) is 1. The molecule has 0 saturated heterocycles. The molecule has 0 aromatic heterocycles. The van der Waals surface area contributed by atoms with Crippen LogP contribution in [0.5, 0.6) is 11.5 Å². The van der Waals surface area contributed by atoms with Gasteiger partial charge >= 0.3 is 0 Å². The molecule has 3 aromatic carbocycles. The predicted molar refractivity (Wildman–Crippen MR) is 171 cm³/mol. The van der Waals surface area contributed by atoms with E-state index < -0.39 is 28.5 Å². The number of hydrogen-bond donors (Lipinski definition) is 1. The summed E-state index contributed by atoms with van der Waals surface area (Å²) >= 11 is 0. The minimum absolute atomic E-state index is 0.0653. The van der Waals surface area contributed by atoms with Crippen molar-refractivity contribution in [2.45, 2.75) is 75.9 Å². The molecule has 0 heterocycles. The Labute approximate surface area is 261 Å². The minimum Gasteiger partial charge on any atom is -0.497 e. The van der Waals surface area contributed by atoms with Gasteiger partial charge in [0.25, 0.3) is 10.0 Å². The van der Waals surface area contributed by atoms with Crippen LogP contribution >= 0.6 is 0 Å². The van der Waals surface area contributed by atoms with E-state index in [1.807, 2.05) is 26.0 Å². The summed E-state index contributed by atoms with van der Waals surface area (Å²) in [6, 6.07) is 19.6. The lowest BCUT2D eigenvalue weighted by atomic mass is 9.95. The Bertz CT molecular complexity index is 1490. The third-order valence-corrected chi connectivity index (χ3v) is 9.89. The molecule has 1 unspecified atom stereocenters. The van der Waals surface area contributed by atoms with Crippen LogP contribution in [-0.4, -0.2) is 58.0 Å². The lowest BCUT2D eigenvalue weighted by molar-refractivity contribution is -0.140. The fourth-order valence-corrected chi connectivity index (χ4v) is 6.92. The molecule has 0 radical (unpaired) electrons. The first-order chi connectivity index (χ1) is 21.2. The van der Waals surface area contributed by atoms with Crippen molar-refractivity contribution in [3.63, 3.8) is 0 Å². The molecular formula is C34H43N3O6S. The molecule has 1 aliphatic carbocycles. The Morgan fingerprint density at radius 3 is 1.98 bits per heavy atom. The second-order valence-electron chi connectivity index (χ2n) is 11.2. The van der Waals surface area contributed by atoms with Crippen LogP contribution < -0.4 is 19.1 Å². The van der Waals surface area contributed by atoms with E-state index in [1.54, 1.807) is 55.6 Å².